The molecule has 0 amide bonds. The Morgan fingerprint density at radius 2 is 0.964 bits per heavy atom. The SMILES string of the molecule is CN(C)c1ccc(C=Cc2cc(/C=C/c3ccc(N(C)C)cc3)ncn2)cc1. The number of anilines is 2. The van der Waals surface area contributed by atoms with Gasteiger partial charge in [0.05, 0.1) is 11.4 Å². The van der Waals surface area contributed by atoms with Gasteiger partial charge >= 0.3 is 0 Å². The Labute approximate surface area is 167 Å². The van der Waals surface area contributed by atoms with E-state index in [9.17, 15) is 0 Å². The molecule has 2 aromatic carbocycles. The molecule has 3 aromatic rings. The predicted molar refractivity (Wildman–Crippen MR) is 121 cm³/mol. The van der Waals surface area contributed by atoms with Gasteiger partial charge in [0.15, 0.2) is 0 Å². The van der Waals surface area contributed by atoms with Gasteiger partial charge in [-0.25, -0.2) is 9.97 Å². The molecule has 0 fully saturated rings. The molecule has 0 atom stereocenters. The Kier molecular flexibility index (Phi) is 6.22. The maximum Gasteiger partial charge on any atom is 0.116 e. The number of hydrogen-bond donors (Lipinski definition) is 0. The van der Waals surface area contributed by atoms with E-state index >= 15 is 0 Å². The summed E-state index contributed by atoms with van der Waals surface area (Å²) in [6.07, 6.45) is 9.75. The average Bonchev–Trinajstić information content (AvgIpc) is 2.71. The van der Waals surface area contributed by atoms with Crippen LogP contribution in [0.3, 0.4) is 0 Å². The summed E-state index contributed by atoms with van der Waals surface area (Å²) in [4.78, 5) is 12.9. The monoisotopic (exact) mass is 370 g/mol. The highest BCUT2D eigenvalue weighted by atomic mass is 15.1. The van der Waals surface area contributed by atoms with Gasteiger partial charge in [0, 0.05) is 39.6 Å². The zero-order valence-electron chi connectivity index (χ0n) is 16.9. The molecule has 0 radical (unpaired) electrons. The third-order valence-corrected chi connectivity index (χ3v) is 4.42. The molecule has 0 aliphatic rings. The maximum absolute atomic E-state index is 4.34. The van der Waals surface area contributed by atoms with Crippen molar-refractivity contribution in [2.24, 2.45) is 0 Å². The Morgan fingerprint density at radius 3 is 1.32 bits per heavy atom. The summed E-state index contributed by atoms with van der Waals surface area (Å²) < 4.78 is 0. The quantitative estimate of drug-likeness (QED) is 0.615. The topological polar surface area (TPSA) is 32.3 Å². The molecule has 0 saturated heterocycles. The summed E-state index contributed by atoms with van der Waals surface area (Å²) in [5.41, 5.74) is 6.42. The van der Waals surface area contributed by atoms with Crippen molar-refractivity contribution in [3.63, 3.8) is 0 Å². The molecule has 0 aliphatic heterocycles. The van der Waals surface area contributed by atoms with E-state index in [0.29, 0.717) is 0 Å². The first-order valence-electron chi connectivity index (χ1n) is 9.24. The van der Waals surface area contributed by atoms with Crippen LogP contribution >= 0.6 is 0 Å². The minimum Gasteiger partial charge on any atom is -0.378 e. The van der Waals surface area contributed by atoms with E-state index in [1.807, 2.05) is 46.4 Å². The van der Waals surface area contributed by atoms with Crippen LogP contribution in [0.5, 0.6) is 0 Å². The molecule has 0 saturated carbocycles. The highest BCUT2D eigenvalue weighted by Gasteiger charge is 1.97. The second-order valence-electron chi connectivity index (χ2n) is 7.01. The minimum atomic E-state index is 0.884. The molecule has 0 spiro atoms. The van der Waals surface area contributed by atoms with Crippen molar-refractivity contribution < 1.29 is 0 Å². The van der Waals surface area contributed by atoms with E-state index in [4.69, 9.17) is 0 Å². The highest BCUT2D eigenvalue weighted by Crippen LogP contribution is 2.16. The number of hydrogen-bond acceptors (Lipinski definition) is 4. The van der Waals surface area contributed by atoms with E-state index in [0.717, 1.165) is 22.5 Å². The van der Waals surface area contributed by atoms with Crippen LogP contribution in [0.1, 0.15) is 22.5 Å². The first-order chi connectivity index (χ1) is 13.5. The van der Waals surface area contributed by atoms with E-state index < -0.39 is 0 Å². The lowest BCUT2D eigenvalue weighted by molar-refractivity contribution is 1.13. The van der Waals surface area contributed by atoms with E-state index in [2.05, 4.69) is 80.5 Å². The second kappa shape index (κ2) is 9.00. The molecular formula is C24H26N4. The molecule has 142 valence electrons. The molecule has 0 bridgehead atoms. The van der Waals surface area contributed by atoms with Crippen LogP contribution in [-0.4, -0.2) is 38.2 Å². The molecular weight excluding hydrogens is 344 g/mol. The molecule has 0 N–H and O–H groups in total. The lowest BCUT2D eigenvalue weighted by Gasteiger charge is -2.11. The van der Waals surface area contributed by atoms with Gasteiger partial charge in [0.2, 0.25) is 0 Å². The fraction of sp³-hybridized carbons (Fsp3) is 0.167. The molecule has 1 aromatic heterocycles. The zero-order valence-corrected chi connectivity index (χ0v) is 16.9. The summed E-state index contributed by atoms with van der Waals surface area (Å²) >= 11 is 0. The van der Waals surface area contributed by atoms with E-state index in [1.54, 1.807) is 6.33 Å². The molecule has 4 heteroatoms. The van der Waals surface area contributed by atoms with E-state index in [-0.39, 0.29) is 0 Å². The molecule has 1 heterocycles. The van der Waals surface area contributed by atoms with Gasteiger partial charge in [-0.15, -0.1) is 0 Å². The van der Waals surface area contributed by atoms with Crippen LogP contribution in [0.4, 0.5) is 11.4 Å². The second-order valence-corrected chi connectivity index (χ2v) is 7.01. The van der Waals surface area contributed by atoms with Crippen LogP contribution in [0, 0.1) is 0 Å². The van der Waals surface area contributed by atoms with Gasteiger partial charge < -0.3 is 9.80 Å². The smallest absolute Gasteiger partial charge is 0.116 e. The zero-order chi connectivity index (χ0) is 19.9. The van der Waals surface area contributed by atoms with Gasteiger partial charge in [-0.1, -0.05) is 36.4 Å². The molecule has 28 heavy (non-hydrogen) atoms. The van der Waals surface area contributed by atoms with Crippen molar-refractivity contribution in [3.8, 4) is 0 Å². The third-order valence-electron chi connectivity index (χ3n) is 4.42. The number of benzene rings is 2. The van der Waals surface area contributed by atoms with Crippen LogP contribution in [-0.2, 0) is 0 Å². The van der Waals surface area contributed by atoms with Crippen LogP contribution in [0.2, 0.25) is 0 Å². The minimum absolute atomic E-state index is 0.884. The summed E-state index contributed by atoms with van der Waals surface area (Å²) in [5, 5.41) is 0. The van der Waals surface area contributed by atoms with Crippen molar-refractivity contribution in [2.75, 3.05) is 38.0 Å². The third kappa shape index (κ3) is 5.30. The van der Waals surface area contributed by atoms with Crippen LogP contribution in [0.15, 0.2) is 60.9 Å². The van der Waals surface area contributed by atoms with Crippen molar-refractivity contribution in [3.05, 3.63) is 83.4 Å². The fourth-order valence-corrected chi connectivity index (χ4v) is 2.70. The number of nitrogens with zero attached hydrogens (tertiary/aromatic N) is 4. The molecule has 0 unspecified atom stereocenters. The van der Waals surface area contributed by atoms with Crippen LogP contribution < -0.4 is 9.80 Å². The van der Waals surface area contributed by atoms with Gasteiger partial charge in [-0.2, -0.15) is 0 Å². The average molecular weight is 371 g/mol. The summed E-state index contributed by atoms with van der Waals surface area (Å²) in [7, 11) is 8.16. The number of aromatic nitrogens is 2. The Hall–Kier alpha value is -3.40. The first kappa shape index (κ1) is 19.4. The van der Waals surface area contributed by atoms with Crippen LogP contribution in [0.25, 0.3) is 24.3 Å². The molecule has 0 aliphatic carbocycles. The fourth-order valence-electron chi connectivity index (χ4n) is 2.70. The normalized spacial score (nSPS) is 11.3. The van der Waals surface area contributed by atoms with Crippen molar-refractivity contribution in [2.45, 2.75) is 0 Å². The van der Waals surface area contributed by atoms with Crippen molar-refractivity contribution in [1.29, 1.82) is 0 Å². The highest BCUT2D eigenvalue weighted by molar-refractivity contribution is 5.72. The molecule has 4 nitrogen and oxygen atoms in total. The summed E-state index contributed by atoms with van der Waals surface area (Å²) in [6.45, 7) is 0. The Morgan fingerprint density at radius 1 is 0.571 bits per heavy atom. The standard InChI is InChI=1S/C24H26N4/c1-27(2)23-13-7-19(8-14-23)5-11-21-17-22(26-18-25-21)12-6-20-9-15-24(16-10-20)28(3)4/h5-18H,1-4H3/b11-5+,12-6?. The van der Waals surface area contributed by atoms with Crippen molar-refractivity contribution in [1.82, 2.24) is 9.97 Å². The van der Waals surface area contributed by atoms with Gasteiger partial charge in [-0.05, 0) is 53.6 Å². The van der Waals surface area contributed by atoms with Crippen molar-refractivity contribution >= 4 is 35.7 Å². The maximum atomic E-state index is 4.34. The lowest BCUT2D eigenvalue weighted by atomic mass is 10.1. The number of rotatable bonds is 6. The van der Waals surface area contributed by atoms with Gasteiger partial charge in [-0.3, -0.25) is 0 Å². The van der Waals surface area contributed by atoms with E-state index in [1.165, 1.54) is 11.4 Å². The lowest BCUT2D eigenvalue weighted by Crippen LogP contribution is -2.07. The first-order valence-corrected chi connectivity index (χ1v) is 9.24. The largest absolute Gasteiger partial charge is 0.378 e. The predicted octanol–water partition coefficient (Wildman–Crippen LogP) is 4.95. The van der Waals surface area contributed by atoms with Gasteiger partial charge in [0.25, 0.3) is 0 Å². The summed E-state index contributed by atoms with van der Waals surface area (Å²) in [6, 6.07) is 18.8. The Balaban J connectivity index is 1.69. The summed E-state index contributed by atoms with van der Waals surface area (Å²) in [5.74, 6) is 0. The van der Waals surface area contributed by atoms with Gasteiger partial charge in [0.1, 0.15) is 6.33 Å². The Bertz CT molecular complexity index is 876. The molecule has 3 rings (SSSR count).